The number of benzene rings is 3. The summed E-state index contributed by atoms with van der Waals surface area (Å²) in [4.78, 5) is 33.1. The Morgan fingerprint density at radius 1 is 0.864 bits per heavy atom. The van der Waals surface area contributed by atoms with Gasteiger partial charge in [-0.1, -0.05) is 54.6 Å². The molecule has 0 radical (unpaired) electrons. The average molecular weight is 594 g/mol. The zero-order valence-corrected chi connectivity index (χ0v) is 25.6. The SMILES string of the molecule is COc1ccc([C@@H]2CC(=O)C3=C(C2)N=C(C)C(C(=O)OC2CCCC2)[C@H]3c2ccccc2OCc2ccccc2)cc1OC. The Bertz CT molecular complexity index is 1590. The number of rotatable bonds is 9. The van der Waals surface area contributed by atoms with Gasteiger partial charge in [0.25, 0.3) is 0 Å². The number of aliphatic imine (C=N–C) groups is 1. The average Bonchev–Trinajstić information content (AvgIpc) is 3.56. The Balaban J connectivity index is 1.39. The Morgan fingerprint density at radius 2 is 1.59 bits per heavy atom. The molecule has 0 saturated heterocycles. The molecule has 3 aliphatic rings. The van der Waals surface area contributed by atoms with E-state index >= 15 is 0 Å². The van der Waals surface area contributed by atoms with Gasteiger partial charge in [-0.15, -0.1) is 0 Å². The minimum absolute atomic E-state index is 0.0104. The van der Waals surface area contributed by atoms with Crippen molar-refractivity contribution >= 4 is 17.5 Å². The van der Waals surface area contributed by atoms with E-state index in [0.29, 0.717) is 48.0 Å². The number of nitrogens with zero attached hydrogens (tertiary/aromatic N) is 1. The molecule has 7 nitrogen and oxygen atoms in total. The maximum atomic E-state index is 14.2. The summed E-state index contributed by atoms with van der Waals surface area (Å²) in [5.74, 6) is 0.241. The molecule has 1 unspecified atom stereocenters. The second-order valence-electron chi connectivity index (χ2n) is 11.9. The predicted octanol–water partition coefficient (Wildman–Crippen LogP) is 7.34. The van der Waals surface area contributed by atoms with Gasteiger partial charge in [-0.3, -0.25) is 14.6 Å². The number of Topliss-reactive ketones (excluding diaryl/α,β-unsaturated/α-hetero) is 1. The van der Waals surface area contributed by atoms with Crippen molar-refractivity contribution in [1.82, 2.24) is 0 Å². The highest BCUT2D eigenvalue weighted by molar-refractivity contribution is 6.09. The molecule has 0 N–H and O–H groups in total. The van der Waals surface area contributed by atoms with Gasteiger partial charge in [-0.05, 0) is 74.3 Å². The van der Waals surface area contributed by atoms with Crippen LogP contribution in [0.25, 0.3) is 0 Å². The fraction of sp³-hybridized carbons (Fsp3) is 0.378. The summed E-state index contributed by atoms with van der Waals surface area (Å²) < 4.78 is 23.4. The molecule has 1 fully saturated rings. The van der Waals surface area contributed by atoms with Crippen LogP contribution in [-0.4, -0.2) is 37.8 Å². The number of ketones is 1. The first-order valence-corrected chi connectivity index (χ1v) is 15.5. The molecule has 44 heavy (non-hydrogen) atoms. The highest BCUT2D eigenvalue weighted by Crippen LogP contribution is 2.49. The standard InChI is InChI=1S/C37H39NO6/c1-23-34(37(40)44-27-13-7-8-14-27)35(28-15-9-10-16-31(28)43-22-24-11-5-4-6-12-24)36-29(38-23)19-26(20-30(36)39)25-17-18-32(41-2)33(21-25)42-3/h4-6,9-12,15-18,21,26-27,34-35H,7-8,13-14,19-20,22H2,1-3H3/t26-,34?,35+/m0/s1. The second-order valence-corrected chi connectivity index (χ2v) is 11.9. The van der Waals surface area contributed by atoms with Gasteiger partial charge < -0.3 is 18.9 Å². The van der Waals surface area contributed by atoms with Crippen LogP contribution in [0.15, 0.2) is 89.1 Å². The molecule has 3 aromatic rings. The van der Waals surface area contributed by atoms with Crippen LogP contribution in [0.5, 0.6) is 17.2 Å². The minimum Gasteiger partial charge on any atom is -0.493 e. The predicted molar refractivity (Wildman–Crippen MR) is 168 cm³/mol. The third-order valence-electron chi connectivity index (χ3n) is 9.10. The first-order chi connectivity index (χ1) is 21.5. The number of esters is 1. The highest BCUT2D eigenvalue weighted by atomic mass is 16.5. The summed E-state index contributed by atoms with van der Waals surface area (Å²) in [6.07, 6.45) is 4.64. The van der Waals surface area contributed by atoms with Gasteiger partial charge in [0, 0.05) is 34.9 Å². The zero-order valence-electron chi connectivity index (χ0n) is 25.6. The number of carbonyl (C=O) groups is 2. The summed E-state index contributed by atoms with van der Waals surface area (Å²) in [7, 11) is 3.21. The number of carbonyl (C=O) groups excluding carboxylic acids is 2. The van der Waals surface area contributed by atoms with E-state index in [4.69, 9.17) is 23.9 Å². The van der Waals surface area contributed by atoms with Crippen molar-refractivity contribution in [3.63, 3.8) is 0 Å². The lowest BCUT2D eigenvalue weighted by molar-refractivity contribution is -0.151. The van der Waals surface area contributed by atoms with Gasteiger partial charge >= 0.3 is 5.97 Å². The molecule has 1 heterocycles. The number of methoxy groups -OCH3 is 2. The molecule has 0 aromatic heterocycles. The number of allylic oxidation sites excluding steroid dienone is 2. The fourth-order valence-electron chi connectivity index (χ4n) is 6.89. The van der Waals surface area contributed by atoms with Crippen molar-refractivity contribution in [2.24, 2.45) is 10.9 Å². The Hall–Kier alpha value is -4.39. The summed E-state index contributed by atoms with van der Waals surface area (Å²) in [5.41, 5.74) is 4.81. The van der Waals surface area contributed by atoms with E-state index in [2.05, 4.69) is 0 Å². The third kappa shape index (κ3) is 6.01. The summed E-state index contributed by atoms with van der Waals surface area (Å²) in [6, 6.07) is 23.5. The molecule has 3 aromatic carbocycles. The molecule has 0 amide bonds. The minimum atomic E-state index is -0.711. The maximum Gasteiger partial charge on any atom is 0.315 e. The van der Waals surface area contributed by atoms with Crippen LogP contribution < -0.4 is 14.2 Å². The van der Waals surface area contributed by atoms with Crippen LogP contribution in [0.3, 0.4) is 0 Å². The second kappa shape index (κ2) is 13.1. The van der Waals surface area contributed by atoms with Crippen molar-refractivity contribution < 1.29 is 28.5 Å². The van der Waals surface area contributed by atoms with Crippen molar-refractivity contribution in [1.29, 1.82) is 0 Å². The topological polar surface area (TPSA) is 83.4 Å². The third-order valence-corrected chi connectivity index (χ3v) is 9.10. The van der Waals surface area contributed by atoms with E-state index in [-0.39, 0.29) is 23.8 Å². The van der Waals surface area contributed by atoms with Crippen molar-refractivity contribution in [3.05, 3.63) is 101 Å². The van der Waals surface area contributed by atoms with Gasteiger partial charge in [0.2, 0.25) is 0 Å². The molecule has 228 valence electrons. The van der Waals surface area contributed by atoms with Gasteiger partial charge in [0.15, 0.2) is 17.3 Å². The molecule has 7 heteroatoms. The molecule has 0 spiro atoms. The van der Waals surface area contributed by atoms with E-state index in [1.165, 1.54) is 0 Å². The molecule has 1 saturated carbocycles. The first kappa shape index (κ1) is 29.7. The van der Waals surface area contributed by atoms with Crippen molar-refractivity contribution in [3.8, 4) is 17.2 Å². The van der Waals surface area contributed by atoms with Gasteiger partial charge in [-0.25, -0.2) is 0 Å². The maximum absolute atomic E-state index is 14.2. The van der Waals surface area contributed by atoms with Gasteiger partial charge in [0.1, 0.15) is 24.4 Å². The van der Waals surface area contributed by atoms with Crippen molar-refractivity contribution in [2.45, 2.75) is 70.0 Å². The summed E-state index contributed by atoms with van der Waals surface area (Å²) >= 11 is 0. The molecular formula is C37H39NO6. The summed E-state index contributed by atoms with van der Waals surface area (Å²) in [6.45, 7) is 2.26. The Kier molecular flexibility index (Phi) is 8.82. The van der Waals surface area contributed by atoms with Crippen LogP contribution >= 0.6 is 0 Å². The van der Waals surface area contributed by atoms with E-state index < -0.39 is 11.8 Å². The van der Waals surface area contributed by atoms with Crippen LogP contribution in [0.2, 0.25) is 0 Å². The monoisotopic (exact) mass is 593 g/mol. The zero-order chi connectivity index (χ0) is 30.6. The Morgan fingerprint density at radius 3 is 2.34 bits per heavy atom. The number of ether oxygens (including phenoxy) is 4. The van der Waals surface area contributed by atoms with E-state index in [0.717, 1.165) is 48.1 Å². The molecule has 6 rings (SSSR count). The lowest BCUT2D eigenvalue weighted by Gasteiger charge is -2.37. The normalized spacial score (nSPS) is 21.8. The van der Waals surface area contributed by atoms with Crippen LogP contribution in [-0.2, 0) is 20.9 Å². The number of hydrogen-bond acceptors (Lipinski definition) is 7. The first-order valence-electron chi connectivity index (χ1n) is 15.5. The smallest absolute Gasteiger partial charge is 0.315 e. The quantitative estimate of drug-likeness (QED) is 0.241. The molecule has 3 atom stereocenters. The number of para-hydroxylation sites is 1. The summed E-state index contributed by atoms with van der Waals surface area (Å²) in [5, 5.41) is 0. The molecule has 1 aliphatic heterocycles. The largest absolute Gasteiger partial charge is 0.493 e. The van der Waals surface area contributed by atoms with Crippen LogP contribution in [0.1, 0.15) is 74.0 Å². The molecule has 2 aliphatic carbocycles. The van der Waals surface area contributed by atoms with E-state index in [1.807, 2.05) is 79.7 Å². The lowest BCUT2D eigenvalue weighted by Crippen LogP contribution is -2.39. The Labute approximate surface area is 258 Å². The highest BCUT2D eigenvalue weighted by Gasteiger charge is 2.46. The number of hydrogen-bond donors (Lipinski definition) is 0. The van der Waals surface area contributed by atoms with Gasteiger partial charge in [-0.2, -0.15) is 0 Å². The fourth-order valence-corrected chi connectivity index (χ4v) is 6.89. The van der Waals surface area contributed by atoms with Crippen LogP contribution in [0, 0.1) is 5.92 Å². The van der Waals surface area contributed by atoms with Crippen molar-refractivity contribution in [2.75, 3.05) is 14.2 Å². The lowest BCUT2D eigenvalue weighted by atomic mass is 9.69. The molecular weight excluding hydrogens is 554 g/mol. The van der Waals surface area contributed by atoms with E-state index in [9.17, 15) is 9.59 Å². The van der Waals surface area contributed by atoms with Gasteiger partial charge in [0.05, 0.1) is 14.2 Å². The molecule has 0 bridgehead atoms. The van der Waals surface area contributed by atoms with Crippen LogP contribution in [0.4, 0.5) is 0 Å². The van der Waals surface area contributed by atoms with E-state index in [1.54, 1.807) is 14.2 Å².